The van der Waals surface area contributed by atoms with Crippen molar-refractivity contribution >= 4 is 11.7 Å². The Morgan fingerprint density at radius 1 is 1.21 bits per heavy atom. The van der Waals surface area contributed by atoms with E-state index in [1.807, 2.05) is 12.1 Å². The predicted molar refractivity (Wildman–Crippen MR) is 101 cm³/mol. The summed E-state index contributed by atoms with van der Waals surface area (Å²) in [5.74, 6) is -0.708. The second kappa shape index (κ2) is 7.94. The van der Waals surface area contributed by atoms with E-state index >= 15 is 0 Å². The second-order valence-electron chi connectivity index (χ2n) is 6.88. The van der Waals surface area contributed by atoms with Crippen molar-refractivity contribution in [2.75, 3.05) is 18.0 Å². The Balaban J connectivity index is 1.41. The number of aryl methyl sites for hydroxylation is 1. The normalized spacial score (nSPS) is 14.8. The summed E-state index contributed by atoms with van der Waals surface area (Å²) >= 11 is 0. The van der Waals surface area contributed by atoms with E-state index in [0.29, 0.717) is 37.6 Å². The summed E-state index contributed by atoms with van der Waals surface area (Å²) in [5.41, 5.74) is 0.863. The third kappa shape index (κ3) is 4.08. The van der Waals surface area contributed by atoms with Crippen LogP contribution in [-0.2, 0) is 0 Å². The Bertz CT molecular complexity index is 1030. The summed E-state index contributed by atoms with van der Waals surface area (Å²) in [6, 6.07) is 6.76. The van der Waals surface area contributed by atoms with Gasteiger partial charge in [-0.05, 0) is 50.1 Å². The van der Waals surface area contributed by atoms with Crippen molar-refractivity contribution in [2.24, 2.45) is 0 Å². The van der Waals surface area contributed by atoms with E-state index in [1.54, 1.807) is 13.1 Å². The van der Waals surface area contributed by atoms with Crippen LogP contribution in [0.4, 0.5) is 14.6 Å². The molecule has 29 heavy (non-hydrogen) atoms. The van der Waals surface area contributed by atoms with Gasteiger partial charge >= 0.3 is 0 Å². The number of anilines is 1. The fourth-order valence-electron chi connectivity index (χ4n) is 3.36. The molecular formula is C20H19F2N5O2. The molecule has 7 nitrogen and oxygen atoms in total. The lowest BCUT2D eigenvalue weighted by Crippen LogP contribution is -2.45. The highest BCUT2D eigenvalue weighted by atomic mass is 19.2. The maximum atomic E-state index is 13.4. The molecule has 2 aromatic heterocycles. The maximum absolute atomic E-state index is 13.4. The molecular weight excluding hydrogens is 380 g/mol. The van der Waals surface area contributed by atoms with Gasteiger partial charge in [0.2, 0.25) is 0 Å². The van der Waals surface area contributed by atoms with Crippen LogP contribution >= 0.6 is 0 Å². The molecule has 3 aromatic rings. The molecule has 0 saturated carbocycles. The SMILES string of the molecule is Cc1noc(-c2cccnc2N2CCC(NC(=O)c3ccc(F)c(F)c3)CC2)n1. The number of nitrogens with zero attached hydrogens (tertiary/aromatic N) is 4. The largest absolute Gasteiger partial charge is 0.356 e. The molecule has 1 aromatic carbocycles. The van der Waals surface area contributed by atoms with Gasteiger partial charge in [0.05, 0.1) is 5.56 Å². The fraction of sp³-hybridized carbons (Fsp3) is 0.300. The van der Waals surface area contributed by atoms with E-state index in [9.17, 15) is 13.6 Å². The first-order chi connectivity index (χ1) is 14.0. The monoisotopic (exact) mass is 399 g/mol. The maximum Gasteiger partial charge on any atom is 0.261 e. The first kappa shape index (κ1) is 19.0. The molecule has 3 heterocycles. The number of aromatic nitrogens is 3. The lowest BCUT2D eigenvalue weighted by Gasteiger charge is -2.33. The number of piperidine rings is 1. The number of carbonyl (C=O) groups is 1. The molecule has 4 rings (SSSR count). The standard InChI is InChI=1S/C20H19F2N5O2/c1-12-24-20(29-26-12)15-3-2-8-23-18(15)27-9-6-14(7-10-27)25-19(28)13-4-5-16(21)17(22)11-13/h2-5,8,11,14H,6-7,9-10H2,1H3,(H,25,28). The summed E-state index contributed by atoms with van der Waals surface area (Å²) in [6.07, 6.45) is 3.08. The number of amides is 1. The second-order valence-corrected chi connectivity index (χ2v) is 6.88. The quantitative estimate of drug-likeness (QED) is 0.726. The highest BCUT2D eigenvalue weighted by molar-refractivity contribution is 5.94. The minimum absolute atomic E-state index is 0.0651. The van der Waals surface area contributed by atoms with Crippen molar-refractivity contribution in [1.29, 1.82) is 0 Å². The van der Waals surface area contributed by atoms with Gasteiger partial charge in [-0.25, -0.2) is 13.8 Å². The Labute approximate surface area is 165 Å². The zero-order valence-corrected chi connectivity index (χ0v) is 15.7. The third-order valence-electron chi connectivity index (χ3n) is 4.86. The van der Waals surface area contributed by atoms with Crippen LogP contribution in [0.3, 0.4) is 0 Å². The smallest absolute Gasteiger partial charge is 0.261 e. The van der Waals surface area contributed by atoms with Crippen molar-refractivity contribution < 1.29 is 18.1 Å². The van der Waals surface area contributed by atoms with Crippen LogP contribution in [0, 0.1) is 18.6 Å². The molecule has 0 spiro atoms. The molecule has 1 saturated heterocycles. The fourth-order valence-corrected chi connectivity index (χ4v) is 3.36. The zero-order chi connectivity index (χ0) is 20.4. The van der Waals surface area contributed by atoms with Crippen molar-refractivity contribution in [3.63, 3.8) is 0 Å². The van der Waals surface area contributed by atoms with Crippen molar-refractivity contribution in [3.05, 3.63) is 59.6 Å². The molecule has 1 fully saturated rings. The molecule has 1 amide bonds. The lowest BCUT2D eigenvalue weighted by atomic mass is 10.0. The van der Waals surface area contributed by atoms with Gasteiger partial charge in [0.15, 0.2) is 17.5 Å². The highest BCUT2D eigenvalue weighted by Gasteiger charge is 2.25. The number of carbonyl (C=O) groups excluding carboxylic acids is 1. The number of hydrogen-bond donors (Lipinski definition) is 1. The summed E-state index contributed by atoms with van der Waals surface area (Å²) in [6.45, 7) is 3.09. The highest BCUT2D eigenvalue weighted by Crippen LogP contribution is 2.29. The molecule has 1 aliphatic heterocycles. The lowest BCUT2D eigenvalue weighted by molar-refractivity contribution is 0.0930. The Hall–Kier alpha value is -3.36. The average Bonchev–Trinajstić information content (AvgIpc) is 3.17. The van der Waals surface area contributed by atoms with Gasteiger partial charge in [-0.3, -0.25) is 4.79 Å². The molecule has 0 radical (unpaired) electrons. The average molecular weight is 399 g/mol. The molecule has 0 unspecified atom stereocenters. The number of hydrogen-bond acceptors (Lipinski definition) is 6. The van der Waals surface area contributed by atoms with Gasteiger partial charge in [-0.2, -0.15) is 4.98 Å². The van der Waals surface area contributed by atoms with E-state index in [2.05, 4.69) is 25.3 Å². The van der Waals surface area contributed by atoms with Crippen LogP contribution in [0.1, 0.15) is 29.0 Å². The van der Waals surface area contributed by atoms with E-state index in [-0.39, 0.29) is 11.6 Å². The van der Waals surface area contributed by atoms with Crippen LogP contribution in [-0.4, -0.2) is 40.2 Å². The number of benzene rings is 1. The molecule has 1 N–H and O–H groups in total. The van der Waals surface area contributed by atoms with Crippen LogP contribution in [0.5, 0.6) is 0 Å². The van der Waals surface area contributed by atoms with Gasteiger partial charge in [0, 0.05) is 30.9 Å². The van der Waals surface area contributed by atoms with Crippen LogP contribution in [0.15, 0.2) is 41.1 Å². The molecule has 0 aliphatic carbocycles. The van der Waals surface area contributed by atoms with Gasteiger partial charge in [-0.15, -0.1) is 0 Å². The predicted octanol–water partition coefficient (Wildman–Crippen LogP) is 3.12. The minimum atomic E-state index is -1.04. The van der Waals surface area contributed by atoms with E-state index in [1.165, 1.54) is 6.07 Å². The summed E-state index contributed by atoms with van der Waals surface area (Å²) in [7, 11) is 0. The first-order valence-electron chi connectivity index (χ1n) is 9.28. The third-order valence-corrected chi connectivity index (χ3v) is 4.86. The van der Waals surface area contributed by atoms with Crippen LogP contribution < -0.4 is 10.2 Å². The van der Waals surface area contributed by atoms with Crippen molar-refractivity contribution in [2.45, 2.75) is 25.8 Å². The number of pyridine rings is 1. The molecule has 0 atom stereocenters. The zero-order valence-electron chi connectivity index (χ0n) is 15.7. The Morgan fingerprint density at radius 2 is 2.00 bits per heavy atom. The number of halogens is 2. The summed E-state index contributed by atoms with van der Waals surface area (Å²) in [5, 5.41) is 6.72. The van der Waals surface area contributed by atoms with Crippen LogP contribution in [0.25, 0.3) is 11.5 Å². The van der Waals surface area contributed by atoms with Crippen molar-refractivity contribution in [1.82, 2.24) is 20.4 Å². The summed E-state index contributed by atoms with van der Waals surface area (Å²) < 4.78 is 31.7. The minimum Gasteiger partial charge on any atom is -0.356 e. The number of rotatable bonds is 4. The molecule has 1 aliphatic rings. The van der Waals surface area contributed by atoms with E-state index in [4.69, 9.17) is 4.52 Å². The van der Waals surface area contributed by atoms with E-state index in [0.717, 1.165) is 23.5 Å². The van der Waals surface area contributed by atoms with Crippen LogP contribution in [0.2, 0.25) is 0 Å². The summed E-state index contributed by atoms with van der Waals surface area (Å²) in [4.78, 5) is 23.2. The van der Waals surface area contributed by atoms with Gasteiger partial charge < -0.3 is 14.7 Å². The van der Waals surface area contributed by atoms with Gasteiger partial charge in [0.25, 0.3) is 11.8 Å². The Kier molecular flexibility index (Phi) is 5.20. The van der Waals surface area contributed by atoms with Gasteiger partial charge in [-0.1, -0.05) is 5.16 Å². The topological polar surface area (TPSA) is 84.2 Å². The van der Waals surface area contributed by atoms with Crippen molar-refractivity contribution in [3.8, 4) is 11.5 Å². The number of nitrogens with one attached hydrogen (secondary N) is 1. The molecule has 9 heteroatoms. The first-order valence-corrected chi connectivity index (χ1v) is 9.28. The van der Waals surface area contributed by atoms with Gasteiger partial charge in [0.1, 0.15) is 5.82 Å². The van der Waals surface area contributed by atoms with E-state index < -0.39 is 17.5 Å². The Morgan fingerprint density at radius 3 is 2.69 bits per heavy atom. The molecule has 150 valence electrons. The molecule has 0 bridgehead atoms.